The van der Waals surface area contributed by atoms with E-state index in [1.807, 2.05) is 24.3 Å². The predicted molar refractivity (Wildman–Crippen MR) is 59.0 cm³/mol. The molecule has 0 saturated heterocycles. The Labute approximate surface area is 89.9 Å². The van der Waals surface area contributed by atoms with Crippen molar-refractivity contribution in [3.63, 3.8) is 0 Å². The maximum atomic E-state index is 8.64. The summed E-state index contributed by atoms with van der Waals surface area (Å²) in [5.41, 5.74) is 7.63. The Morgan fingerprint density at radius 3 is 2.53 bits per heavy atom. The number of nitrogens with one attached hydrogen (secondary N) is 1. The topological polar surface area (TPSA) is 61.8 Å². The molecule has 0 radical (unpaired) electrons. The van der Waals surface area contributed by atoms with Crippen molar-refractivity contribution in [3.05, 3.63) is 35.4 Å². The first-order chi connectivity index (χ1) is 7.28. The van der Waals surface area contributed by atoms with Gasteiger partial charge in [0.25, 0.3) is 0 Å². The molecule has 15 heavy (non-hydrogen) atoms. The highest BCUT2D eigenvalue weighted by Crippen LogP contribution is 2.17. The summed E-state index contributed by atoms with van der Waals surface area (Å²) in [6.45, 7) is 0.864. The quantitative estimate of drug-likeness (QED) is 0.770. The molecule has 0 aromatic heterocycles. The molecule has 2 rings (SSSR count). The fourth-order valence-corrected chi connectivity index (χ4v) is 1.79. The lowest BCUT2D eigenvalue weighted by molar-refractivity contribution is 0.291. The van der Waals surface area contributed by atoms with E-state index >= 15 is 0 Å². The Hall–Kier alpha value is -1.37. The van der Waals surface area contributed by atoms with Crippen LogP contribution in [0, 0.1) is 11.3 Å². The second kappa shape index (κ2) is 4.43. The third-order valence-corrected chi connectivity index (χ3v) is 2.85. The van der Waals surface area contributed by atoms with Gasteiger partial charge in [-0.3, -0.25) is 0 Å². The third-order valence-electron chi connectivity index (χ3n) is 2.85. The van der Waals surface area contributed by atoms with Gasteiger partial charge in [0.15, 0.2) is 0 Å². The summed E-state index contributed by atoms with van der Waals surface area (Å²) < 4.78 is 0. The van der Waals surface area contributed by atoms with Gasteiger partial charge in [0.2, 0.25) is 0 Å². The molecule has 3 nitrogen and oxygen atoms in total. The van der Waals surface area contributed by atoms with Gasteiger partial charge in [-0.05, 0) is 30.5 Å². The van der Waals surface area contributed by atoms with E-state index in [1.54, 1.807) is 0 Å². The molecule has 1 aromatic rings. The van der Waals surface area contributed by atoms with Crippen molar-refractivity contribution in [2.75, 3.05) is 0 Å². The summed E-state index contributed by atoms with van der Waals surface area (Å²) in [7, 11) is 0. The minimum absolute atomic E-state index is 0.392. The van der Waals surface area contributed by atoms with Crippen molar-refractivity contribution in [1.82, 2.24) is 5.32 Å². The van der Waals surface area contributed by atoms with Crippen molar-refractivity contribution >= 4 is 0 Å². The average Bonchev–Trinajstić information content (AvgIpc) is 2.23. The second-order valence-corrected chi connectivity index (χ2v) is 4.12. The molecule has 0 bridgehead atoms. The largest absolute Gasteiger partial charge is 0.328 e. The Morgan fingerprint density at radius 1 is 1.33 bits per heavy atom. The standard InChI is InChI=1S/C12H15N3/c13-7-9-1-3-10(4-2-9)8-15-12-5-11(14)6-12/h1-4,11-12,15H,5-6,8,14H2. The van der Waals surface area contributed by atoms with E-state index in [1.165, 1.54) is 5.56 Å². The van der Waals surface area contributed by atoms with Gasteiger partial charge in [-0.1, -0.05) is 12.1 Å². The molecule has 1 aliphatic carbocycles. The van der Waals surface area contributed by atoms with Crippen LogP contribution in [0.15, 0.2) is 24.3 Å². The van der Waals surface area contributed by atoms with Gasteiger partial charge in [-0.25, -0.2) is 0 Å². The van der Waals surface area contributed by atoms with Crippen LogP contribution in [-0.2, 0) is 6.54 Å². The SMILES string of the molecule is N#Cc1ccc(CNC2CC(N)C2)cc1. The van der Waals surface area contributed by atoms with E-state index in [-0.39, 0.29) is 0 Å². The molecule has 3 N–H and O–H groups in total. The molecule has 1 aromatic carbocycles. The van der Waals surface area contributed by atoms with Crippen molar-refractivity contribution in [2.24, 2.45) is 5.73 Å². The number of nitrogens with zero attached hydrogens (tertiary/aromatic N) is 1. The van der Waals surface area contributed by atoms with Crippen molar-refractivity contribution < 1.29 is 0 Å². The van der Waals surface area contributed by atoms with Crippen LogP contribution in [0.2, 0.25) is 0 Å². The summed E-state index contributed by atoms with van der Waals surface area (Å²) in [5.74, 6) is 0. The molecule has 3 heteroatoms. The maximum absolute atomic E-state index is 8.64. The minimum Gasteiger partial charge on any atom is -0.328 e. The van der Waals surface area contributed by atoms with Gasteiger partial charge in [0.1, 0.15) is 0 Å². The number of rotatable bonds is 3. The first-order valence-electron chi connectivity index (χ1n) is 5.26. The van der Waals surface area contributed by atoms with E-state index in [2.05, 4.69) is 11.4 Å². The molecule has 1 fully saturated rings. The molecular formula is C12H15N3. The third kappa shape index (κ3) is 2.56. The number of nitriles is 1. The molecule has 0 atom stereocenters. The number of benzene rings is 1. The molecule has 0 amide bonds. The monoisotopic (exact) mass is 201 g/mol. The van der Waals surface area contributed by atoms with Gasteiger partial charge < -0.3 is 11.1 Å². The zero-order valence-electron chi connectivity index (χ0n) is 8.61. The van der Waals surface area contributed by atoms with E-state index in [0.29, 0.717) is 17.6 Å². The van der Waals surface area contributed by atoms with Crippen molar-refractivity contribution in [3.8, 4) is 6.07 Å². The Morgan fingerprint density at radius 2 is 2.00 bits per heavy atom. The molecule has 0 aliphatic heterocycles. The molecule has 0 spiro atoms. The Balaban J connectivity index is 1.81. The van der Waals surface area contributed by atoms with Crippen LogP contribution < -0.4 is 11.1 Å². The maximum Gasteiger partial charge on any atom is 0.0991 e. The second-order valence-electron chi connectivity index (χ2n) is 4.12. The molecule has 1 aliphatic rings. The van der Waals surface area contributed by atoms with Crippen molar-refractivity contribution in [1.29, 1.82) is 5.26 Å². The van der Waals surface area contributed by atoms with E-state index in [0.717, 1.165) is 19.4 Å². The molecular weight excluding hydrogens is 186 g/mol. The summed E-state index contributed by atoms with van der Waals surface area (Å²) in [6.07, 6.45) is 2.16. The fraction of sp³-hybridized carbons (Fsp3) is 0.417. The van der Waals surface area contributed by atoms with Crippen molar-refractivity contribution in [2.45, 2.75) is 31.5 Å². The summed E-state index contributed by atoms with van der Waals surface area (Å²) in [5, 5.41) is 12.1. The predicted octanol–water partition coefficient (Wildman–Crippen LogP) is 1.14. The van der Waals surface area contributed by atoms with Gasteiger partial charge in [0.05, 0.1) is 11.6 Å². The van der Waals surface area contributed by atoms with Crippen LogP contribution in [0.25, 0.3) is 0 Å². The normalized spacial score (nSPS) is 24.3. The summed E-state index contributed by atoms with van der Waals surface area (Å²) in [6, 6.07) is 10.8. The highest BCUT2D eigenvalue weighted by Gasteiger charge is 2.24. The van der Waals surface area contributed by atoms with Crippen LogP contribution >= 0.6 is 0 Å². The fourth-order valence-electron chi connectivity index (χ4n) is 1.79. The lowest BCUT2D eigenvalue weighted by atomic mass is 9.87. The van der Waals surface area contributed by atoms with Crippen LogP contribution in [0.4, 0.5) is 0 Å². The smallest absolute Gasteiger partial charge is 0.0991 e. The van der Waals surface area contributed by atoms with Crippen LogP contribution in [0.1, 0.15) is 24.0 Å². The van der Waals surface area contributed by atoms with Crippen LogP contribution in [0.3, 0.4) is 0 Å². The zero-order chi connectivity index (χ0) is 10.7. The molecule has 0 heterocycles. The highest BCUT2D eigenvalue weighted by molar-refractivity contribution is 5.31. The highest BCUT2D eigenvalue weighted by atomic mass is 14.9. The van der Waals surface area contributed by atoms with Gasteiger partial charge in [-0.15, -0.1) is 0 Å². The summed E-state index contributed by atoms with van der Waals surface area (Å²) in [4.78, 5) is 0. The number of hydrogen-bond acceptors (Lipinski definition) is 3. The van der Waals surface area contributed by atoms with Crippen LogP contribution in [0.5, 0.6) is 0 Å². The van der Waals surface area contributed by atoms with Gasteiger partial charge in [-0.2, -0.15) is 5.26 Å². The van der Waals surface area contributed by atoms with E-state index in [9.17, 15) is 0 Å². The van der Waals surface area contributed by atoms with E-state index in [4.69, 9.17) is 11.0 Å². The average molecular weight is 201 g/mol. The Kier molecular flexibility index (Phi) is 3.00. The minimum atomic E-state index is 0.392. The molecule has 78 valence electrons. The number of hydrogen-bond donors (Lipinski definition) is 2. The first kappa shape index (κ1) is 10.2. The lowest BCUT2D eigenvalue weighted by Gasteiger charge is -2.33. The molecule has 0 unspecified atom stereocenters. The zero-order valence-corrected chi connectivity index (χ0v) is 8.61. The van der Waals surface area contributed by atoms with E-state index < -0.39 is 0 Å². The molecule has 1 saturated carbocycles. The summed E-state index contributed by atoms with van der Waals surface area (Å²) >= 11 is 0. The van der Waals surface area contributed by atoms with Gasteiger partial charge in [0, 0.05) is 18.6 Å². The first-order valence-corrected chi connectivity index (χ1v) is 5.26. The Bertz CT molecular complexity index is 357. The lowest BCUT2D eigenvalue weighted by Crippen LogP contribution is -2.48. The number of nitrogens with two attached hydrogens (primary N) is 1. The van der Waals surface area contributed by atoms with Crippen LogP contribution in [-0.4, -0.2) is 12.1 Å². The van der Waals surface area contributed by atoms with Gasteiger partial charge >= 0.3 is 0 Å².